The molecule has 4 N–H and O–H groups in total. The molecule has 1 amide bonds. The summed E-state index contributed by atoms with van der Waals surface area (Å²) in [5, 5.41) is 1.73. The van der Waals surface area contributed by atoms with Gasteiger partial charge in [-0.25, -0.2) is 5.01 Å². The molecule has 4 atom stereocenters. The van der Waals surface area contributed by atoms with Gasteiger partial charge in [-0.3, -0.25) is 10.6 Å². The Morgan fingerprint density at radius 1 is 1.47 bits per heavy atom. The molecule has 4 heteroatoms. The van der Waals surface area contributed by atoms with Crippen LogP contribution in [0, 0.1) is 16.7 Å². The van der Waals surface area contributed by atoms with Crippen molar-refractivity contribution in [1.82, 2.24) is 5.01 Å². The molecule has 3 rings (SSSR count). The summed E-state index contributed by atoms with van der Waals surface area (Å²) in [6.07, 6.45) is 3.19. The quantitative estimate of drug-likeness (QED) is 0.607. The second kappa shape index (κ2) is 2.23. The number of hydrazine groups is 1. The van der Waals surface area contributed by atoms with Crippen LogP contribution in [-0.2, 0) is 4.79 Å². The first kappa shape index (κ1) is 9.60. The van der Waals surface area contributed by atoms with Crippen LogP contribution in [0.5, 0.6) is 0 Å². The van der Waals surface area contributed by atoms with Crippen LogP contribution in [-0.4, -0.2) is 23.0 Å². The minimum Gasteiger partial charge on any atom is -0.368 e. The van der Waals surface area contributed by atoms with Gasteiger partial charge in [-0.05, 0) is 30.6 Å². The van der Waals surface area contributed by atoms with Crippen LogP contribution < -0.4 is 11.6 Å². The van der Waals surface area contributed by atoms with Crippen molar-refractivity contribution >= 4 is 5.91 Å². The molecule has 0 aromatic heterocycles. The average molecular weight is 209 g/mol. The Kier molecular flexibility index (Phi) is 1.43. The van der Waals surface area contributed by atoms with E-state index in [1.165, 1.54) is 6.42 Å². The molecule has 1 heterocycles. The minimum atomic E-state index is -0.565. The number of carbonyl (C=O) groups excluding carboxylic acids is 1. The molecule has 0 spiro atoms. The summed E-state index contributed by atoms with van der Waals surface area (Å²) in [5.41, 5.74) is 5.25. The van der Waals surface area contributed by atoms with Crippen molar-refractivity contribution in [3.05, 3.63) is 0 Å². The second-order valence-electron chi connectivity index (χ2n) is 6.04. The van der Waals surface area contributed by atoms with Gasteiger partial charge >= 0.3 is 0 Å². The predicted octanol–water partition coefficient (Wildman–Crippen LogP) is 0.226. The Bertz CT molecular complexity index is 358. The Labute approximate surface area is 89.9 Å². The molecule has 0 radical (unpaired) electrons. The monoisotopic (exact) mass is 209 g/mol. The lowest BCUT2D eigenvalue weighted by atomic mass is 9.65. The molecule has 3 aliphatic rings. The lowest BCUT2D eigenvalue weighted by Gasteiger charge is -2.43. The van der Waals surface area contributed by atoms with Crippen molar-refractivity contribution in [2.24, 2.45) is 28.3 Å². The van der Waals surface area contributed by atoms with Gasteiger partial charge in [-0.2, -0.15) is 0 Å². The summed E-state index contributed by atoms with van der Waals surface area (Å²) in [6.45, 7) is 5.30. The normalized spacial score (nSPS) is 57.7. The lowest BCUT2D eigenvalue weighted by Crippen LogP contribution is -2.63. The first-order valence-electron chi connectivity index (χ1n) is 5.71. The van der Waals surface area contributed by atoms with E-state index >= 15 is 0 Å². The summed E-state index contributed by atoms with van der Waals surface area (Å²) in [4.78, 5) is 11.8. The summed E-state index contributed by atoms with van der Waals surface area (Å²) < 4.78 is 0. The van der Waals surface area contributed by atoms with E-state index in [4.69, 9.17) is 11.6 Å². The zero-order valence-electron chi connectivity index (χ0n) is 9.42. The van der Waals surface area contributed by atoms with Gasteiger partial charge in [0.25, 0.3) is 0 Å². The molecule has 84 valence electrons. The number of rotatable bonds is 1. The van der Waals surface area contributed by atoms with Crippen LogP contribution in [0.2, 0.25) is 0 Å². The number of carbonyl (C=O) groups is 1. The van der Waals surface area contributed by atoms with Gasteiger partial charge in [-0.1, -0.05) is 13.8 Å². The number of primary amides is 1. The van der Waals surface area contributed by atoms with Crippen LogP contribution in [0.25, 0.3) is 0 Å². The molecule has 4 nitrogen and oxygen atoms in total. The molecule has 2 aliphatic carbocycles. The Morgan fingerprint density at radius 3 is 2.60 bits per heavy atom. The number of nitrogens with zero attached hydrogens (tertiary/aromatic N) is 1. The highest BCUT2D eigenvalue weighted by Crippen LogP contribution is 2.74. The standard InChI is InChI=1S/C11H19N3O/c1-9-6-14(13)11(8(12)15)5-7(9)3-4-10(9,11)2/h7H,3-6,13H2,1-2H3,(H2,12,15)/t7-,9-,10-,11-/m0/s1. The van der Waals surface area contributed by atoms with E-state index in [9.17, 15) is 4.79 Å². The number of hydrogen-bond acceptors (Lipinski definition) is 3. The molecular weight excluding hydrogens is 190 g/mol. The van der Waals surface area contributed by atoms with E-state index < -0.39 is 5.54 Å². The van der Waals surface area contributed by atoms with Gasteiger partial charge in [0.2, 0.25) is 5.91 Å². The smallest absolute Gasteiger partial charge is 0.239 e. The summed E-state index contributed by atoms with van der Waals surface area (Å²) >= 11 is 0. The zero-order valence-corrected chi connectivity index (χ0v) is 9.42. The fourth-order valence-electron chi connectivity index (χ4n) is 4.85. The highest BCUT2D eigenvalue weighted by molar-refractivity contribution is 5.87. The van der Waals surface area contributed by atoms with E-state index in [1.54, 1.807) is 5.01 Å². The third-order valence-corrected chi connectivity index (χ3v) is 6.01. The van der Waals surface area contributed by atoms with E-state index in [0.717, 1.165) is 19.4 Å². The van der Waals surface area contributed by atoms with E-state index in [-0.39, 0.29) is 16.7 Å². The number of nitrogens with two attached hydrogens (primary N) is 2. The van der Waals surface area contributed by atoms with Crippen molar-refractivity contribution in [2.45, 2.75) is 38.6 Å². The van der Waals surface area contributed by atoms with Crippen molar-refractivity contribution in [1.29, 1.82) is 0 Å². The maximum Gasteiger partial charge on any atom is 0.239 e. The minimum absolute atomic E-state index is 0.00868. The second-order valence-corrected chi connectivity index (χ2v) is 6.04. The van der Waals surface area contributed by atoms with E-state index in [1.807, 2.05) is 0 Å². The molecule has 2 saturated carbocycles. The van der Waals surface area contributed by atoms with E-state index in [0.29, 0.717) is 5.92 Å². The van der Waals surface area contributed by atoms with Crippen LogP contribution in [0.4, 0.5) is 0 Å². The SMILES string of the molecule is C[C@@]12CC[C@H]3C[C@@]1(C(N)=O)N(N)C[C@@]32C. The highest BCUT2D eigenvalue weighted by atomic mass is 16.2. The molecular formula is C11H19N3O. The number of piperidine rings is 1. The zero-order chi connectivity index (χ0) is 11.1. The maximum atomic E-state index is 11.8. The van der Waals surface area contributed by atoms with Gasteiger partial charge in [0.15, 0.2) is 0 Å². The fourth-order valence-corrected chi connectivity index (χ4v) is 4.85. The van der Waals surface area contributed by atoms with Gasteiger partial charge in [0.05, 0.1) is 0 Å². The van der Waals surface area contributed by atoms with Crippen molar-refractivity contribution in [3.63, 3.8) is 0 Å². The average Bonchev–Trinajstić information content (AvgIpc) is 2.55. The van der Waals surface area contributed by atoms with Gasteiger partial charge in [0, 0.05) is 12.0 Å². The first-order valence-corrected chi connectivity index (χ1v) is 5.71. The molecule has 0 aromatic rings. The molecule has 1 saturated heterocycles. The van der Waals surface area contributed by atoms with Gasteiger partial charge in [0.1, 0.15) is 5.54 Å². The molecule has 0 aromatic carbocycles. The Hall–Kier alpha value is -0.610. The largest absolute Gasteiger partial charge is 0.368 e. The number of hydrogen-bond donors (Lipinski definition) is 2. The highest BCUT2D eigenvalue weighted by Gasteiger charge is 2.79. The third-order valence-electron chi connectivity index (χ3n) is 6.01. The summed E-state index contributed by atoms with van der Waals surface area (Å²) in [7, 11) is 0. The summed E-state index contributed by atoms with van der Waals surface area (Å²) in [5.74, 6) is 6.46. The summed E-state index contributed by atoms with van der Waals surface area (Å²) in [6, 6.07) is 0. The van der Waals surface area contributed by atoms with Crippen molar-refractivity contribution in [2.75, 3.05) is 6.54 Å². The Morgan fingerprint density at radius 2 is 2.13 bits per heavy atom. The maximum absolute atomic E-state index is 11.8. The van der Waals surface area contributed by atoms with Crippen LogP contribution in [0.15, 0.2) is 0 Å². The molecule has 0 unspecified atom stereocenters. The lowest BCUT2D eigenvalue weighted by molar-refractivity contribution is -0.135. The van der Waals surface area contributed by atoms with Crippen LogP contribution >= 0.6 is 0 Å². The molecule has 3 fully saturated rings. The third kappa shape index (κ3) is 0.658. The first-order chi connectivity index (χ1) is 6.88. The topological polar surface area (TPSA) is 72.4 Å². The van der Waals surface area contributed by atoms with Crippen molar-refractivity contribution in [3.8, 4) is 0 Å². The van der Waals surface area contributed by atoms with Gasteiger partial charge < -0.3 is 5.73 Å². The predicted molar refractivity (Wildman–Crippen MR) is 56.4 cm³/mol. The van der Waals surface area contributed by atoms with E-state index in [2.05, 4.69) is 13.8 Å². The Balaban J connectivity index is 2.22. The van der Waals surface area contributed by atoms with Crippen molar-refractivity contribution < 1.29 is 4.79 Å². The van der Waals surface area contributed by atoms with Crippen LogP contribution in [0.1, 0.15) is 33.1 Å². The fraction of sp³-hybridized carbons (Fsp3) is 0.909. The van der Waals surface area contributed by atoms with Crippen LogP contribution in [0.3, 0.4) is 0 Å². The molecule has 4 bridgehead atoms. The number of amides is 1. The molecule has 1 aliphatic heterocycles. The van der Waals surface area contributed by atoms with Gasteiger partial charge in [-0.15, -0.1) is 0 Å². The molecule has 15 heavy (non-hydrogen) atoms.